The average molecular weight is 223 g/mol. The van der Waals surface area contributed by atoms with Crippen LogP contribution >= 0.6 is 11.8 Å². The largest absolute Gasteiger partial charge is 0.399 e. The first kappa shape index (κ1) is 12.4. The fourth-order valence-electron chi connectivity index (χ4n) is 1.46. The van der Waals surface area contributed by atoms with E-state index >= 15 is 0 Å². The molecule has 0 aliphatic heterocycles. The summed E-state index contributed by atoms with van der Waals surface area (Å²) >= 11 is 1.94. The maximum absolute atomic E-state index is 5.77. The Morgan fingerprint density at radius 2 is 2.00 bits per heavy atom. The number of hydrogen-bond acceptors (Lipinski definition) is 2. The second-order valence-corrected chi connectivity index (χ2v) is 5.10. The van der Waals surface area contributed by atoms with Gasteiger partial charge in [-0.3, -0.25) is 0 Å². The van der Waals surface area contributed by atoms with Gasteiger partial charge < -0.3 is 5.73 Å². The molecule has 0 saturated heterocycles. The monoisotopic (exact) mass is 223 g/mol. The van der Waals surface area contributed by atoms with Crippen LogP contribution in [0.25, 0.3) is 0 Å². The van der Waals surface area contributed by atoms with E-state index in [1.807, 2.05) is 17.8 Å². The third kappa shape index (κ3) is 4.61. The average Bonchev–Trinajstić information content (AvgIpc) is 2.23. The van der Waals surface area contributed by atoms with E-state index in [0.717, 1.165) is 5.69 Å². The van der Waals surface area contributed by atoms with Gasteiger partial charge in [0.15, 0.2) is 0 Å². The number of rotatable bonds is 6. The van der Waals surface area contributed by atoms with Crippen LogP contribution < -0.4 is 5.73 Å². The second kappa shape index (κ2) is 6.78. The van der Waals surface area contributed by atoms with Crippen LogP contribution in [0.1, 0.15) is 38.2 Å². The Kier molecular flexibility index (Phi) is 5.62. The van der Waals surface area contributed by atoms with E-state index in [1.54, 1.807) is 0 Å². The molecular formula is C13H21NS. The van der Waals surface area contributed by atoms with E-state index in [9.17, 15) is 0 Å². The first-order valence-electron chi connectivity index (χ1n) is 5.73. The molecule has 1 nitrogen and oxygen atoms in total. The lowest BCUT2D eigenvalue weighted by molar-refractivity contribution is 0.706. The van der Waals surface area contributed by atoms with Crippen LogP contribution in [0, 0.1) is 6.92 Å². The molecule has 15 heavy (non-hydrogen) atoms. The van der Waals surface area contributed by atoms with E-state index < -0.39 is 0 Å². The van der Waals surface area contributed by atoms with Crippen LogP contribution in [0.5, 0.6) is 0 Å². The number of aryl methyl sites for hydroxylation is 1. The van der Waals surface area contributed by atoms with Gasteiger partial charge in [0.05, 0.1) is 0 Å². The topological polar surface area (TPSA) is 26.0 Å². The molecule has 0 atom stereocenters. The van der Waals surface area contributed by atoms with E-state index in [-0.39, 0.29) is 0 Å². The Bertz CT molecular complexity index is 297. The molecule has 0 aromatic heterocycles. The standard InChI is InChI=1S/C13H21NS/c1-3-4-5-6-9-15-12-7-8-13(14)11(2)10-12/h7-8,10H,3-6,9,14H2,1-2H3. The van der Waals surface area contributed by atoms with Crippen LogP contribution in [0.4, 0.5) is 5.69 Å². The van der Waals surface area contributed by atoms with Crippen LogP contribution in [0.15, 0.2) is 23.1 Å². The third-order valence-electron chi connectivity index (χ3n) is 2.51. The highest BCUT2D eigenvalue weighted by Gasteiger charge is 1.97. The van der Waals surface area contributed by atoms with Gasteiger partial charge in [-0.15, -0.1) is 11.8 Å². The SMILES string of the molecule is CCCCCCSc1ccc(N)c(C)c1. The number of nitrogens with two attached hydrogens (primary N) is 1. The maximum Gasteiger partial charge on any atom is 0.0344 e. The molecule has 0 radical (unpaired) electrons. The van der Waals surface area contributed by atoms with Gasteiger partial charge in [-0.2, -0.15) is 0 Å². The van der Waals surface area contributed by atoms with Crippen molar-refractivity contribution in [2.75, 3.05) is 11.5 Å². The van der Waals surface area contributed by atoms with Crippen molar-refractivity contribution in [2.24, 2.45) is 0 Å². The summed E-state index contributed by atoms with van der Waals surface area (Å²) in [5, 5.41) is 0. The van der Waals surface area contributed by atoms with Crippen molar-refractivity contribution in [2.45, 2.75) is 44.4 Å². The number of benzene rings is 1. The maximum atomic E-state index is 5.77. The smallest absolute Gasteiger partial charge is 0.0344 e. The molecular weight excluding hydrogens is 202 g/mol. The zero-order valence-corrected chi connectivity index (χ0v) is 10.6. The number of nitrogen functional groups attached to an aromatic ring is 1. The summed E-state index contributed by atoms with van der Waals surface area (Å²) in [6.07, 6.45) is 5.35. The molecule has 0 unspecified atom stereocenters. The van der Waals surface area contributed by atoms with Gasteiger partial charge in [0.1, 0.15) is 0 Å². The van der Waals surface area contributed by atoms with E-state index in [2.05, 4.69) is 26.0 Å². The lowest BCUT2D eigenvalue weighted by Gasteiger charge is -2.04. The van der Waals surface area contributed by atoms with Crippen molar-refractivity contribution in [1.29, 1.82) is 0 Å². The molecule has 0 fully saturated rings. The van der Waals surface area contributed by atoms with Gasteiger partial charge in [-0.1, -0.05) is 26.2 Å². The summed E-state index contributed by atoms with van der Waals surface area (Å²) in [4.78, 5) is 1.35. The van der Waals surface area contributed by atoms with Gasteiger partial charge in [0.2, 0.25) is 0 Å². The summed E-state index contributed by atoms with van der Waals surface area (Å²) in [6, 6.07) is 6.30. The van der Waals surface area contributed by atoms with Crippen molar-refractivity contribution in [3.63, 3.8) is 0 Å². The van der Waals surface area contributed by atoms with Crippen LogP contribution in [0.2, 0.25) is 0 Å². The van der Waals surface area contributed by atoms with Crippen molar-refractivity contribution in [3.8, 4) is 0 Å². The first-order chi connectivity index (χ1) is 7.24. The van der Waals surface area contributed by atoms with E-state index in [1.165, 1.54) is 41.9 Å². The van der Waals surface area contributed by atoms with Crippen LogP contribution in [-0.2, 0) is 0 Å². The molecule has 0 heterocycles. The lowest BCUT2D eigenvalue weighted by atomic mass is 10.2. The van der Waals surface area contributed by atoms with Gasteiger partial charge in [-0.05, 0) is 42.9 Å². The molecule has 2 N–H and O–H groups in total. The summed E-state index contributed by atoms with van der Waals surface area (Å²) in [7, 11) is 0. The Morgan fingerprint density at radius 1 is 1.20 bits per heavy atom. The molecule has 0 aliphatic carbocycles. The lowest BCUT2D eigenvalue weighted by Crippen LogP contribution is -1.89. The minimum absolute atomic E-state index is 0.894. The van der Waals surface area contributed by atoms with Gasteiger partial charge >= 0.3 is 0 Å². The van der Waals surface area contributed by atoms with Gasteiger partial charge in [-0.25, -0.2) is 0 Å². The summed E-state index contributed by atoms with van der Waals surface area (Å²) in [6.45, 7) is 4.31. The predicted molar refractivity (Wildman–Crippen MR) is 70.5 cm³/mol. The highest BCUT2D eigenvalue weighted by atomic mass is 32.2. The Morgan fingerprint density at radius 3 is 2.67 bits per heavy atom. The molecule has 0 aliphatic rings. The highest BCUT2D eigenvalue weighted by Crippen LogP contribution is 2.23. The Labute approximate surface area is 97.4 Å². The third-order valence-corrected chi connectivity index (χ3v) is 3.59. The fourth-order valence-corrected chi connectivity index (χ4v) is 2.47. The predicted octanol–water partition coefficient (Wildman–Crippen LogP) is 4.25. The van der Waals surface area contributed by atoms with Gasteiger partial charge in [0.25, 0.3) is 0 Å². The van der Waals surface area contributed by atoms with Crippen LogP contribution in [-0.4, -0.2) is 5.75 Å². The van der Waals surface area contributed by atoms with Crippen molar-refractivity contribution < 1.29 is 0 Å². The molecule has 0 bridgehead atoms. The van der Waals surface area contributed by atoms with E-state index in [4.69, 9.17) is 5.73 Å². The van der Waals surface area contributed by atoms with Crippen molar-refractivity contribution in [1.82, 2.24) is 0 Å². The summed E-state index contributed by atoms with van der Waals surface area (Å²) in [5.74, 6) is 1.23. The van der Waals surface area contributed by atoms with Gasteiger partial charge in [0, 0.05) is 10.6 Å². The first-order valence-corrected chi connectivity index (χ1v) is 6.71. The quantitative estimate of drug-likeness (QED) is 0.443. The molecule has 1 rings (SSSR count). The number of anilines is 1. The number of thioether (sulfide) groups is 1. The second-order valence-electron chi connectivity index (χ2n) is 3.93. The number of hydrogen-bond donors (Lipinski definition) is 1. The molecule has 0 spiro atoms. The molecule has 84 valence electrons. The minimum Gasteiger partial charge on any atom is -0.399 e. The molecule has 2 heteroatoms. The van der Waals surface area contributed by atoms with E-state index in [0.29, 0.717) is 0 Å². The molecule has 0 saturated carbocycles. The Balaban J connectivity index is 2.28. The normalized spacial score (nSPS) is 10.5. The fraction of sp³-hybridized carbons (Fsp3) is 0.538. The van der Waals surface area contributed by atoms with Crippen molar-refractivity contribution >= 4 is 17.4 Å². The van der Waals surface area contributed by atoms with Crippen LogP contribution in [0.3, 0.4) is 0 Å². The summed E-state index contributed by atoms with van der Waals surface area (Å²) < 4.78 is 0. The van der Waals surface area contributed by atoms with Crippen molar-refractivity contribution in [3.05, 3.63) is 23.8 Å². The highest BCUT2D eigenvalue weighted by molar-refractivity contribution is 7.99. The zero-order chi connectivity index (χ0) is 11.1. The Hall–Kier alpha value is -0.630. The molecule has 1 aromatic rings. The summed E-state index contributed by atoms with van der Waals surface area (Å²) in [5.41, 5.74) is 7.86. The number of unbranched alkanes of at least 4 members (excludes halogenated alkanes) is 3. The molecule has 0 amide bonds. The zero-order valence-electron chi connectivity index (χ0n) is 9.75. The molecule has 1 aromatic carbocycles. The minimum atomic E-state index is 0.894.